The van der Waals surface area contributed by atoms with E-state index < -0.39 is 18.1 Å². The Labute approximate surface area is 104 Å². The minimum Gasteiger partial charge on any atom is -0.439 e. The molecule has 0 fully saturated rings. The number of hydrogen-bond donors (Lipinski definition) is 2. The smallest absolute Gasteiger partial charge is 0.416 e. The average Bonchev–Trinajstić information content (AvgIpc) is 2.95. The number of benzene rings is 1. The summed E-state index contributed by atoms with van der Waals surface area (Å²) in [5.41, 5.74) is 2.11. The highest BCUT2D eigenvalue weighted by atomic mass is 19.4. The van der Waals surface area contributed by atoms with Crippen LogP contribution < -0.4 is 10.7 Å². The van der Waals surface area contributed by atoms with Crippen molar-refractivity contribution in [2.75, 3.05) is 5.32 Å². The molecule has 0 saturated carbocycles. The predicted molar refractivity (Wildman–Crippen MR) is 59.1 cm³/mol. The molecule has 0 amide bonds. The summed E-state index contributed by atoms with van der Waals surface area (Å²) in [6.07, 6.45) is -3.89. The molecule has 0 bridgehead atoms. The van der Waals surface area contributed by atoms with Crippen LogP contribution in [0, 0.1) is 0 Å². The van der Waals surface area contributed by atoms with Crippen LogP contribution in [-0.2, 0) is 10.9 Å². The fourth-order valence-corrected chi connectivity index (χ4v) is 1.56. The van der Waals surface area contributed by atoms with Crippen molar-refractivity contribution in [2.45, 2.75) is 12.5 Å². The lowest BCUT2D eigenvalue weighted by Crippen LogP contribution is -2.30. The molecule has 0 saturated heterocycles. The summed E-state index contributed by atoms with van der Waals surface area (Å²) in [6, 6.07) is 3.11. The third kappa shape index (κ3) is 2.26. The molecule has 2 aromatic rings. The molecule has 1 atom stereocenters. The number of hydrazone groups is 1. The van der Waals surface area contributed by atoms with E-state index in [4.69, 9.17) is 9.15 Å². The summed E-state index contributed by atoms with van der Waals surface area (Å²) in [7, 11) is 0. The van der Waals surface area contributed by atoms with Crippen LogP contribution in [0.1, 0.15) is 5.56 Å². The van der Waals surface area contributed by atoms with Gasteiger partial charge in [-0.15, -0.1) is 5.10 Å². The van der Waals surface area contributed by atoms with Gasteiger partial charge >= 0.3 is 6.18 Å². The third-order valence-electron chi connectivity index (χ3n) is 2.41. The molecule has 100 valence electrons. The van der Waals surface area contributed by atoms with Gasteiger partial charge in [-0.1, -0.05) is 0 Å². The maximum absolute atomic E-state index is 12.5. The fraction of sp³-hybridized carbons (Fsp3) is 0.200. The van der Waals surface area contributed by atoms with Gasteiger partial charge in [-0.2, -0.15) is 18.2 Å². The number of nitrogens with zero attached hydrogens (tertiary/aromatic N) is 2. The number of oxazole rings is 1. The van der Waals surface area contributed by atoms with E-state index in [1.165, 1.54) is 12.5 Å². The molecule has 0 spiro atoms. The minimum atomic E-state index is -4.41. The molecule has 19 heavy (non-hydrogen) atoms. The molecule has 3 rings (SSSR count). The molecule has 6 nitrogen and oxygen atoms in total. The highest BCUT2D eigenvalue weighted by Crippen LogP contribution is 2.32. The largest absolute Gasteiger partial charge is 0.439 e. The zero-order chi connectivity index (χ0) is 13.5. The van der Waals surface area contributed by atoms with E-state index in [0.29, 0.717) is 0 Å². The number of ether oxygens (including phenoxy) is 1. The molecule has 1 aliphatic heterocycles. The van der Waals surface area contributed by atoms with Crippen LogP contribution in [0.2, 0.25) is 0 Å². The van der Waals surface area contributed by atoms with Crippen molar-refractivity contribution in [2.24, 2.45) is 5.10 Å². The molecule has 1 aliphatic rings. The second-order valence-corrected chi connectivity index (χ2v) is 3.72. The molecule has 0 radical (unpaired) electrons. The number of fused-ring (bicyclic) bond motifs is 1. The Morgan fingerprint density at radius 2 is 2.16 bits per heavy atom. The van der Waals surface area contributed by atoms with Crippen LogP contribution in [0.3, 0.4) is 0 Å². The van der Waals surface area contributed by atoms with E-state index in [2.05, 4.69) is 20.8 Å². The van der Waals surface area contributed by atoms with Crippen molar-refractivity contribution in [3.63, 3.8) is 0 Å². The molecule has 9 heteroatoms. The van der Waals surface area contributed by atoms with E-state index in [-0.39, 0.29) is 17.1 Å². The van der Waals surface area contributed by atoms with Crippen molar-refractivity contribution in [1.29, 1.82) is 0 Å². The lowest BCUT2D eigenvalue weighted by Gasteiger charge is -2.08. The molecular weight excluding hydrogens is 265 g/mol. The third-order valence-corrected chi connectivity index (χ3v) is 2.41. The van der Waals surface area contributed by atoms with Crippen LogP contribution in [0.5, 0.6) is 0 Å². The molecule has 2 N–H and O–H groups in total. The van der Waals surface area contributed by atoms with Gasteiger partial charge < -0.3 is 9.15 Å². The van der Waals surface area contributed by atoms with E-state index in [9.17, 15) is 13.2 Å². The molecule has 1 aromatic carbocycles. The average molecular weight is 272 g/mol. The quantitative estimate of drug-likeness (QED) is 0.876. The van der Waals surface area contributed by atoms with E-state index in [0.717, 1.165) is 12.1 Å². The SMILES string of the molecule is FC(F)(F)c1ccc2oc(NC3NN=CO3)nc2c1. The Balaban J connectivity index is 1.88. The first-order valence-corrected chi connectivity index (χ1v) is 5.19. The Hall–Kier alpha value is -2.45. The molecular formula is C10H7F3N4O2. The maximum atomic E-state index is 12.5. The Bertz CT molecular complexity index is 629. The van der Waals surface area contributed by atoms with Gasteiger partial charge in [0.05, 0.1) is 5.56 Å². The van der Waals surface area contributed by atoms with E-state index in [1.54, 1.807) is 0 Å². The van der Waals surface area contributed by atoms with Gasteiger partial charge in [0, 0.05) is 0 Å². The number of anilines is 1. The standard InChI is InChI=1S/C10H7F3N4O2/c11-10(12,13)5-1-2-7-6(3-5)15-8(19-7)16-9-17-14-4-18-9/h1-4,9,17H,(H,15,16). The van der Waals surface area contributed by atoms with Gasteiger partial charge in [0.25, 0.3) is 12.4 Å². The van der Waals surface area contributed by atoms with Gasteiger partial charge in [-0.25, -0.2) is 0 Å². The first-order valence-electron chi connectivity index (χ1n) is 5.19. The summed E-state index contributed by atoms with van der Waals surface area (Å²) < 4.78 is 47.8. The van der Waals surface area contributed by atoms with Gasteiger partial charge in [0.15, 0.2) is 12.0 Å². The number of alkyl halides is 3. The molecule has 2 heterocycles. The van der Waals surface area contributed by atoms with Gasteiger partial charge in [-0.3, -0.25) is 10.7 Å². The monoisotopic (exact) mass is 272 g/mol. The zero-order valence-corrected chi connectivity index (χ0v) is 9.23. The second kappa shape index (κ2) is 4.04. The Morgan fingerprint density at radius 3 is 2.84 bits per heavy atom. The van der Waals surface area contributed by atoms with Crippen LogP contribution in [-0.4, -0.2) is 17.7 Å². The number of halogens is 3. The number of aromatic nitrogens is 1. The predicted octanol–water partition coefficient (Wildman–Crippen LogP) is 2.11. The summed E-state index contributed by atoms with van der Waals surface area (Å²) in [6.45, 7) is 0. The van der Waals surface area contributed by atoms with Gasteiger partial charge in [0.2, 0.25) is 0 Å². The van der Waals surface area contributed by atoms with Crippen LogP contribution in [0.15, 0.2) is 27.7 Å². The van der Waals surface area contributed by atoms with Crippen molar-refractivity contribution >= 4 is 23.5 Å². The molecule has 1 unspecified atom stereocenters. The number of hydrogen-bond acceptors (Lipinski definition) is 6. The number of rotatable bonds is 2. The van der Waals surface area contributed by atoms with Crippen LogP contribution >= 0.6 is 0 Å². The van der Waals surface area contributed by atoms with Crippen molar-refractivity contribution in [3.8, 4) is 0 Å². The number of nitrogens with one attached hydrogen (secondary N) is 2. The first-order chi connectivity index (χ1) is 9.02. The van der Waals surface area contributed by atoms with Crippen LogP contribution in [0.4, 0.5) is 19.2 Å². The van der Waals surface area contributed by atoms with Crippen LogP contribution in [0.25, 0.3) is 11.1 Å². The lowest BCUT2D eigenvalue weighted by atomic mass is 10.2. The normalized spacial score (nSPS) is 18.4. The van der Waals surface area contributed by atoms with Crippen molar-refractivity contribution in [3.05, 3.63) is 23.8 Å². The fourth-order valence-electron chi connectivity index (χ4n) is 1.56. The van der Waals surface area contributed by atoms with E-state index in [1.807, 2.05) is 0 Å². The minimum absolute atomic E-state index is 0.0392. The van der Waals surface area contributed by atoms with Crippen molar-refractivity contribution in [1.82, 2.24) is 10.4 Å². The second-order valence-electron chi connectivity index (χ2n) is 3.72. The van der Waals surface area contributed by atoms with Gasteiger partial charge in [0.1, 0.15) is 5.52 Å². The zero-order valence-electron chi connectivity index (χ0n) is 9.23. The topological polar surface area (TPSA) is 71.7 Å². The highest BCUT2D eigenvalue weighted by molar-refractivity contribution is 5.75. The maximum Gasteiger partial charge on any atom is 0.416 e. The summed E-state index contributed by atoms with van der Waals surface area (Å²) >= 11 is 0. The Kier molecular flexibility index (Phi) is 2.47. The lowest BCUT2D eigenvalue weighted by molar-refractivity contribution is -0.137. The van der Waals surface area contributed by atoms with Gasteiger partial charge in [-0.05, 0) is 18.2 Å². The molecule has 1 aromatic heterocycles. The highest BCUT2D eigenvalue weighted by Gasteiger charge is 2.31. The summed E-state index contributed by atoms with van der Waals surface area (Å²) in [5, 5.41) is 6.25. The summed E-state index contributed by atoms with van der Waals surface area (Å²) in [5.74, 6) is 0. The first kappa shape index (κ1) is 11.6. The Morgan fingerprint density at radius 1 is 1.32 bits per heavy atom. The van der Waals surface area contributed by atoms with E-state index >= 15 is 0 Å². The van der Waals surface area contributed by atoms with Crippen molar-refractivity contribution < 1.29 is 22.3 Å². The summed E-state index contributed by atoms with van der Waals surface area (Å²) in [4.78, 5) is 3.90. The molecule has 0 aliphatic carbocycles.